The number of fused-ring (bicyclic) bond motifs is 1. The molecule has 8 nitrogen and oxygen atoms in total. The van der Waals surface area contributed by atoms with Crippen LogP contribution in [-0.2, 0) is 0 Å². The molecule has 2 aromatic heterocycles. The van der Waals surface area contributed by atoms with Gasteiger partial charge in [-0.15, -0.1) is 12.4 Å². The summed E-state index contributed by atoms with van der Waals surface area (Å²) in [6, 6.07) is 5.70. The number of guanidine groups is 1. The summed E-state index contributed by atoms with van der Waals surface area (Å²) >= 11 is 0. The number of amides is 1. The zero-order valence-electron chi connectivity index (χ0n) is 11.6. The number of aromatic nitrogens is 4. The summed E-state index contributed by atoms with van der Waals surface area (Å²) in [5.74, 6) is -0.793. The van der Waals surface area contributed by atoms with E-state index in [1.807, 2.05) is 18.2 Å². The monoisotopic (exact) mass is 319 g/mol. The van der Waals surface area contributed by atoms with Crippen molar-refractivity contribution < 1.29 is 4.79 Å². The van der Waals surface area contributed by atoms with Crippen LogP contribution in [0.2, 0.25) is 0 Å². The lowest BCUT2D eigenvalue weighted by Gasteiger charge is -2.01. The molecular formula is C13H14ClN7O. The maximum atomic E-state index is 11.9. The molecule has 0 unspecified atom stereocenters. The number of aliphatic imine (C=N–C) groups is 1. The van der Waals surface area contributed by atoms with Gasteiger partial charge >= 0.3 is 0 Å². The summed E-state index contributed by atoms with van der Waals surface area (Å²) in [6.45, 7) is 1.72. The quantitative estimate of drug-likeness (QED) is 0.477. The van der Waals surface area contributed by atoms with Gasteiger partial charge in [-0.2, -0.15) is 15.2 Å². The Bertz CT molecular complexity index is 860. The highest BCUT2D eigenvalue weighted by molar-refractivity contribution is 6.02. The summed E-state index contributed by atoms with van der Waals surface area (Å²) in [7, 11) is 0. The molecule has 0 fully saturated rings. The highest BCUT2D eigenvalue weighted by Gasteiger charge is 2.15. The first-order valence-corrected chi connectivity index (χ1v) is 6.19. The van der Waals surface area contributed by atoms with Crippen LogP contribution < -0.4 is 11.5 Å². The fraction of sp³-hybridized carbons (Fsp3) is 0.0769. The van der Waals surface area contributed by atoms with Crippen molar-refractivity contribution in [3.8, 4) is 5.69 Å². The second kappa shape index (κ2) is 5.86. The second-order valence-corrected chi connectivity index (χ2v) is 4.53. The fourth-order valence-corrected chi connectivity index (χ4v) is 2.12. The largest absolute Gasteiger partial charge is 0.370 e. The van der Waals surface area contributed by atoms with Gasteiger partial charge in [0.25, 0.3) is 5.91 Å². The first-order chi connectivity index (χ1) is 10.1. The number of hydrogen-bond donors (Lipinski definition) is 3. The Kier molecular flexibility index (Phi) is 4.13. The third-order valence-electron chi connectivity index (χ3n) is 3.06. The maximum absolute atomic E-state index is 11.9. The van der Waals surface area contributed by atoms with E-state index in [-0.39, 0.29) is 18.4 Å². The second-order valence-electron chi connectivity index (χ2n) is 4.53. The van der Waals surface area contributed by atoms with Gasteiger partial charge in [0.1, 0.15) is 0 Å². The van der Waals surface area contributed by atoms with Crippen molar-refractivity contribution in [1.29, 1.82) is 0 Å². The van der Waals surface area contributed by atoms with E-state index < -0.39 is 5.91 Å². The molecule has 0 saturated heterocycles. The number of aryl methyl sites for hydroxylation is 1. The molecule has 0 spiro atoms. The lowest BCUT2D eigenvalue weighted by molar-refractivity contribution is 0.100. The van der Waals surface area contributed by atoms with Crippen LogP contribution in [0.25, 0.3) is 16.6 Å². The number of carbonyl (C=O) groups is 1. The predicted molar refractivity (Wildman–Crippen MR) is 85.3 cm³/mol. The zero-order chi connectivity index (χ0) is 15.0. The SMILES string of the molecule is Cc1nn(-c2cccc3cn[nH]c23)cc1C(=O)N=C(N)N.Cl. The number of rotatable bonds is 2. The molecular weight excluding hydrogens is 306 g/mol. The predicted octanol–water partition coefficient (Wildman–Crippen LogP) is 0.892. The van der Waals surface area contributed by atoms with Crippen molar-refractivity contribution in [2.24, 2.45) is 16.5 Å². The Labute approximate surface area is 131 Å². The third-order valence-corrected chi connectivity index (χ3v) is 3.06. The molecule has 0 radical (unpaired) electrons. The van der Waals surface area contributed by atoms with E-state index in [9.17, 15) is 4.79 Å². The molecule has 22 heavy (non-hydrogen) atoms. The topological polar surface area (TPSA) is 128 Å². The fourth-order valence-electron chi connectivity index (χ4n) is 2.12. The third kappa shape index (κ3) is 2.63. The zero-order valence-corrected chi connectivity index (χ0v) is 12.5. The average molecular weight is 320 g/mol. The Morgan fingerprint density at radius 2 is 2.14 bits per heavy atom. The number of nitrogens with one attached hydrogen (secondary N) is 1. The molecule has 0 aliphatic carbocycles. The van der Waals surface area contributed by atoms with Crippen molar-refractivity contribution in [1.82, 2.24) is 20.0 Å². The van der Waals surface area contributed by atoms with E-state index in [4.69, 9.17) is 11.5 Å². The van der Waals surface area contributed by atoms with Gasteiger partial charge in [0.15, 0.2) is 5.96 Å². The first-order valence-electron chi connectivity index (χ1n) is 6.19. The van der Waals surface area contributed by atoms with E-state index in [2.05, 4.69) is 20.3 Å². The number of halogens is 1. The summed E-state index contributed by atoms with van der Waals surface area (Å²) < 4.78 is 1.60. The summed E-state index contributed by atoms with van der Waals surface area (Å²) in [4.78, 5) is 15.4. The van der Waals surface area contributed by atoms with Crippen LogP contribution >= 0.6 is 12.4 Å². The van der Waals surface area contributed by atoms with Crippen LogP contribution in [0, 0.1) is 6.92 Å². The normalized spacial score (nSPS) is 10.2. The Morgan fingerprint density at radius 1 is 1.36 bits per heavy atom. The number of aromatic amines is 1. The van der Waals surface area contributed by atoms with E-state index in [1.165, 1.54) is 0 Å². The van der Waals surface area contributed by atoms with Crippen LogP contribution in [-0.4, -0.2) is 31.8 Å². The van der Waals surface area contributed by atoms with Crippen molar-refractivity contribution in [3.05, 3.63) is 41.9 Å². The van der Waals surface area contributed by atoms with E-state index in [0.717, 1.165) is 16.6 Å². The smallest absolute Gasteiger partial charge is 0.283 e. The number of carbonyl (C=O) groups excluding carboxylic acids is 1. The number of H-pyrrole nitrogens is 1. The summed E-state index contributed by atoms with van der Waals surface area (Å²) in [6.07, 6.45) is 3.32. The summed E-state index contributed by atoms with van der Waals surface area (Å²) in [5, 5.41) is 12.2. The van der Waals surface area contributed by atoms with Gasteiger partial charge in [-0.25, -0.2) is 4.68 Å². The highest BCUT2D eigenvalue weighted by Crippen LogP contribution is 2.20. The Hall–Kier alpha value is -2.87. The molecule has 2 heterocycles. The number of nitrogens with zero attached hydrogens (tertiary/aromatic N) is 4. The molecule has 0 bridgehead atoms. The number of nitrogens with two attached hydrogens (primary N) is 2. The molecule has 5 N–H and O–H groups in total. The molecule has 3 rings (SSSR count). The van der Waals surface area contributed by atoms with Crippen LogP contribution in [0.5, 0.6) is 0 Å². The van der Waals surface area contributed by atoms with E-state index >= 15 is 0 Å². The molecule has 1 amide bonds. The van der Waals surface area contributed by atoms with Gasteiger partial charge in [0.05, 0.1) is 28.7 Å². The maximum Gasteiger partial charge on any atom is 0.283 e. The molecule has 0 aliphatic heterocycles. The molecule has 0 aliphatic rings. The highest BCUT2D eigenvalue weighted by atomic mass is 35.5. The van der Waals surface area contributed by atoms with Crippen molar-refractivity contribution in [2.45, 2.75) is 6.92 Å². The summed E-state index contributed by atoms with van der Waals surface area (Å²) in [5.41, 5.74) is 13.0. The van der Waals surface area contributed by atoms with Crippen molar-refractivity contribution in [2.75, 3.05) is 0 Å². The minimum Gasteiger partial charge on any atom is -0.370 e. The van der Waals surface area contributed by atoms with Crippen molar-refractivity contribution in [3.63, 3.8) is 0 Å². The molecule has 9 heteroatoms. The Balaban J connectivity index is 0.00000176. The molecule has 0 saturated carbocycles. The van der Waals surface area contributed by atoms with Crippen LogP contribution in [0.1, 0.15) is 16.1 Å². The molecule has 0 atom stereocenters. The van der Waals surface area contributed by atoms with Gasteiger partial charge in [-0.3, -0.25) is 9.89 Å². The standard InChI is InChI=1S/C13H13N7O.ClH/c1-7-9(12(21)17-13(14)15)6-20(19-7)10-4-2-3-8-5-16-18-11(8)10;/h2-6H,1H3,(H,16,18)(H4,14,15,17,21);1H. The van der Waals surface area contributed by atoms with Gasteiger partial charge < -0.3 is 11.5 Å². The Morgan fingerprint density at radius 3 is 2.86 bits per heavy atom. The first kappa shape index (κ1) is 15.5. The van der Waals surface area contributed by atoms with Gasteiger partial charge in [0.2, 0.25) is 0 Å². The molecule has 1 aromatic carbocycles. The van der Waals surface area contributed by atoms with Gasteiger partial charge in [-0.05, 0) is 13.0 Å². The number of hydrogen-bond acceptors (Lipinski definition) is 3. The van der Waals surface area contributed by atoms with E-state index in [0.29, 0.717) is 11.3 Å². The van der Waals surface area contributed by atoms with Crippen LogP contribution in [0.15, 0.2) is 35.6 Å². The lowest BCUT2D eigenvalue weighted by Crippen LogP contribution is -2.24. The number of benzene rings is 1. The molecule has 114 valence electrons. The minimum absolute atomic E-state index is 0. The lowest BCUT2D eigenvalue weighted by atomic mass is 10.2. The molecule has 3 aromatic rings. The average Bonchev–Trinajstić information content (AvgIpc) is 3.03. The number of para-hydroxylation sites is 1. The van der Waals surface area contributed by atoms with Crippen LogP contribution in [0.4, 0.5) is 0 Å². The van der Waals surface area contributed by atoms with Gasteiger partial charge in [-0.1, -0.05) is 12.1 Å². The van der Waals surface area contributed by atoms with Crippen molar-refractivity contribution >= 4 is 35.2 Å². The minimum atomic E-state index is -0.518. The van der Waals surface area contributed by atoms with Gasteiger partial charge in [0, 0.05) is 11.6 Å². The van der Waals surface area contributed by atoms with Crippen LogP contribution in [0.3, 0.4) is 0 Å². The van der Waals surface area contributed by atoms with E-state index in [1.54, 1.807) is 24.0 Å².